The molecular formula is C14H20FNO3. The number of phenolic OH excluding ortho intramolecular Hbond substituents is 1. The Labute approximate surface area is 112 Å². The Morgan fingerprint density at radius 2 is 2.05 bits per heavy atom. The van der Waals surface area contributed by atoms with Gasteiger partial charge in [-0.25, -0.2) is 4.39 Å². The van der Waals surface area contributed by atoms with Crippen molar-refractivity contribution in [2.24, 2.45) is 11.7 Å². The van der Waals surface area contributed by atoms with Gasteiger partial charge in [-0.1, -0.05) is 0 Å². The average molecular weight is 269 g/mol. The fraction of sp³-hybridized carbons (Fsp3) is 0.500. The van der Waals surface area contributed by atoms with Gasteiger partial charge in [0.2, 0.25) is 0 Å². The molecule has 1 aromatic carbocycles. The van der Waals surface area contributed by atoms with Crippen LogP contribution in [-0.2, 0) is 16.0 Å². The number of ether oxygens (including phenoxy) is 1. The fourth-order valence-electron chi connectivity index (χ4n) is 1.68. The van der Waals surface area contributed by atoms with E-state index in [-0.39, 0.29) is 18.7 Å². The van der Waals surface area contributed by atoms with E-state index in [2.05, 4.69) is 0 Å². The summed E-state index contributed by atoms with van der Waals surface area (Å²) in [7, 11) is 0. The van der Waals surface area contributed by atoms with Crippen molar-refractivity contribution in [2.75, 3.05) is 6.54 Å². The maximum absolute atomic E-state index is 13.1. The van der Waals surface area contributed by atoms with E-state index in [4.69, 9.17) is 10.5 Å². The molecule has 0 saturated carbocycles. The molecule has 5 heteroatoms. The van der Waals surface area contributed by atoms with Gasteiger partial charge in [0.05, 0.1) is 5.92 Å². The maximum Gasteiger partial charge on any atom is 0.311 e. The molecule has 4 nitrogen and oxygen atoms in total. The molecule has 0 radical (unpaired) electrons. The standard InChI is InChI=1S/C14H20FNO3/c1-14(2,3)19-13(18)10(8-16)4-9-5-11(15)7-12(17)6-9/h5-7,10,17H,4,8,16H2,1-3H3. The molecule has 0 spiro atoms. The number of hydrogen-bond acceptors (Lipinski definition) is 4. The smallest absolute Gasteiger partial charge is 0.311 e. The van der Waals surface area contributed by atoms with Crippen LogP contribution in [0.5, 0.6) is 5.75 Å². The van der Waals surface area contributed by atoms with Crippen LogP contribution < -0.4 is 5.73 Å². The predicted octanol–water partition coefficient (Wildman–Crippen LogP) is 1.99. The summed E-state index contributed by atoms with van der Waals surface area (Å²) in [5, 5.41) is 9.32. The summed E-state index contributed by atoms with van der Waals surface area (Å²) in [6.45, 7) is 5.41. The second-order valence-electron chi connectivity index (χ2n) is 5.49. The number of carbonyl (C=O) groups is 1. The summed E-state index contributed by atoms with van der Waals surface area (Å²) >= 11 is 0. The normalized spacial score (nSPS) is 13.1. The molecule has 106 valence electrons. The number of esters is 1. The number of benzene rings is 1. The summed E-state index contributed by atoms with van der Waals surface area (Å²) in [6.07, 6.45) is 0.233. The van der Waals surface area contributed by atoms with Crippen molar-refractivity contribution in [3.8, 4) is 5.75 Å². The lowest BCUT2D eigenvalue weighted by atomic mass is 9.99. The van der Waals surface area contributed by atoms with Crippen LogP contribution in [0.4, 0.5) is 4.39 Å². The van der Waals surface area contributed by atoms with E-state index in [9.17, 15) is 14.3 Å². The molecule has 0 aliphatic carbocycles. The highest BCUT2D eigenvalue weighted by Gasteiger charge is 2.24. The molecule has 0 aliphatic heterocycles. The number of aromatic hydroxyl groups is 1. The summed E-state index contributed by atoms with van der Waals surface area (Å²) in [5.41, 5.74) is 5.48. The monoisotopic (exact) mass is 269 g/mol. The number of rotatable bonds is 4. The Bertz CT molecular complexity index is 434. The molecular weight excluding hydrogens is 249 g/mol. The number of phenols is 1. The van der Waals surface area contributed by atoms with Crippen molar-refractivity contribution in [1.82, 2.24) is 0 Å². The SMILES string of the molecule is CC(C)(C)OC(=O)C(CN)Cc1cc(O)cc(F)c1. The molecule has 3 N–H and O–H groups in total. The van der Waals surface area contributed by atoms with E-state index in [1.165, 1.54) is 12.1 Å². The van der Waals surface area contributed by atoms with Gasteiger partial charge < -0.3 is 15.6 Å². The first-order valence-electron chi connectivity index (χ1n) is 6.12. The van der Waals surface area contributed by atoms with Gasteiger partial charge in [-0.3, -0.25) is 4.79 Å². The lowest BCUT2D eigenvalue weighted by Crippen LogP contribution is -2.33. The van der Waals surface area contributed by atoms with E-state index in [0.717, 1.165) is 6.07 Å². The summed E-state index contributed by atoms with van der Waals surface area (Å²) < 4.78 is 18.4. The zero-order valence-corrected chi connectivity index (χ0v) is 11.4. The predicted molar refractivity (Wildman–Crippen MR) is 70.2 cm³/mol. The van der Waals surface area contributed by atoms with Crippen LogP contribution in [0, 0.1) is 11.7 Å². The van der Waals surface area contributed by atoms with Crippen LogP contribution in [0.2, 0.25) is 0 Å². The zero-order chi connectivity index (χ0) is 14.6. The summed E-state index contributed by atoms with van der Waals surface area (Å²) in [6, 6.07) is 3.69. The van der Waals surface area contributed by atoms with Crippen LogP contribution in [0.25, 0.3) is 0 Å². The van der Waals surface area contributed by atoms with Gasteiger partial charge in [0, 0.05) is 12.6 Å². The molecule has 0 aliphatic rings. The van der Waals surface area contributed by atoms with Crippen molar-refractivity contribution in [2.45, 2.75) is 32.8 Å². The number of hydrogen-bond donors (Lipinski definition) is 2. The molecule has 1 aromatic rings. The van der Waals surface area contributed by atoms with Crippen molar-refractivity contribution >= 4 is 5.97 Å². The van der Waals surface area contributed by atoms with Gasteiger partial charge >= 0.3 is 5.97 Å². The Morgan fingerprint density at radius 1 is 1.42 bits per heavy atom. The maximum atomic E-state index is 13.1. The van der Waals surface area contributed by atoms with Gasteiger partial charge in [0.1, 0.15) is 17.2 Å². The fourth-order valence-corrected chi connectivity index (χ4v) is 1.68. The van der Waals surface area contributed by atoms with Crippen LogP contribution in [0.3, 0.4) is 0 Å². The second-order valence-corrected chi connectivity index (χ2v) is 5.49. The second kappa shape index (κ2) is 6.02. The highest BCUT2D eigenvalue weighted by Crippen LogP contribution is 2.19. The Hall–Kier alpha value is -1.62. The number of halogens is 1. The van der Waals surface area contributed by atoms with E-state index in [1.54, 1.807) is 20.8 Å². The van der Waals surface area contributed by atoms with Crippen LogP contribution in [0.15, 0.2) is 18.2 Å². The molecule has 0 fully saturated rings. The molecule has 0 aromatic heterocycles. The van der Waals surface area contributed by atoms with Crippen molar-refractivity contribution in [1.29, 1.82) is 0 Å². The third-order valence-electron chi connectivity index (χ3n) is 2.45. The van der Waals surface area contributed by atoms with Crippen molar-refractivity contribution in [3.63, 3.8) is 0 Å². The minimum absolute atomic E-state index is 0.103. The lowest BCUT2D eigenvalue weighted by Gasteiger charge is -2.23. The Kier molecular flexibility index (Phi) is 4.89. The van der Waals surface area contributed by atoms with Gasteiger partial charge in [-0.2, -0.15) is 0 Å². The third-order valence-corrected chi connectivity index (χ3v) is 2.45. The Balaban J connectivity index is 2.79. The number of carbonyl (C=O) groups excluding carboxylic acids is 1. The summed E-state index contributed by atoms with van der Waals surface area (Å²) in [4.78, 5) is 11.9. The molecule has 0 saturated heterocycles. The highest BCUT2D eigenvalue weighted by atomic mass is 19.1. The molecule has 0 amide bonds. The van der Waals surface area contributed by atoms with E-state index in [1.807, 2.05) is 0 Å². The van der Waals surface area contributed by atoms with Gasteiger partial charge in [0.25, 0.3) is 0 Å². The minimum atomic E-state index is -0.589. The van der Waals surface area contributed by atoms with E-state index < -0.39 is 23.3 Å². The van der Waals surface area contributed by atoms with E-state index in [0.29, 0.717) is 5.56 Å². The quantitative estimate of drug-likeness (QED) is 0.820. The van der Waals surface area contributed by atoms with Crippen molar-refractivity contribution < 1.29 is 19.0 Å². The third kappa shape index (κ3) is 5.26. The lowest BCUT2D eigenvalue weighted by molar-refractivity contribution is -0.159. The first-order valence-corrected chi connectivity index (χ1v) is 6.12. The largest absolute Gasteiger partial charge is 0.508 e. The van der Waals surface area contributed by atoms with Crippen LogP contribution in [0.1, 0.15) is 26.3 Å². The molecule has 1 unspecified atom stereocenters. The molecule has 0 bridgehead atoms. The van der Waals surface area contributed by atoms with Crippen molar-refractivity contribution in [3.05, 3.63) is 29.6 Å². The highest BCUT2D eigenvalue weighted by molar-refractivity contribution is 5.73. The minimum Gasteiger partial charge on any atom is -0.508 e. The van der Waals surface area contributed by atoms with E-state index >= 15 is 0 Å². The van der Waals surface area contributed by atoms with Gasteiger partial charge in [-0.05, 0) is 44.9 Å². The summed E-state index contributed by atoms with van der Waals surface area (Å²) in [5.74, 6) is -1.69. The zero-order valence-electron chi connectivity index (χ0n) is 11.4. The Morgan fingerprint density at radius 3 is 2.53 bits per heavy atom. The molecule has 19 heavy (non-hydrogen) atoms. The molecule has 1 rings (SSSR count). The number of nitrogens with two attached hydrogens (primary N) is 1. The first-order chi connectivity index (χ1) is 8.71. The van der Waals surface area contributed by atoms with Gasteiger partial charge in [0.15, 0.2) is 0 Å². The molecule has 1 atom stereocenters. The average Bonchev–Trinajstić information content (AvgIpc) is 2.21. The van der Waals surface area contributed by atoms with Gasteiger partial charge in [-0.15, -0.1) is 0 Å². The first kappa shape index (κ1) is 15.4. The topological polar surface area (TPSA) is 72.5 Å². The van der Waals surface area contributed by atoms with Crippen LogP contribution >= 0.6 is 0 Å². The van der Waals surface area contributed by atoms with Crippen LogP contribution in [-0.4, -0.2) is 23.2 Å². The molecule has 0 heterocycles.